The Bertz CT molecular complexity index is 587. The van der Waals surface area contributed by atoms with Crippen LogP contribution in [0.15, 0.2) is 18.3 Å². The minimum Gasteiger partial charge on any atom is -0.480 e. The fourth-order valence-electron chi connectivity index (χ4n) is 3.86. The molecule has 0 bridgehead atoms. The van der Waals surface area contributed by atoms with E-state index in [1.165, 1.54) is 0 Å². The van der Waals surface area contributed by atoms with Crippen LogP contribution >= 0.6 is 0 Å². The third kappa shape index (κ3) is 4.41. The molecule has 0 aliphatic carbocycles. The van der Waals surface area contributed by atoms with Crippen LogP contribution in [0.5, 0.6) is 5.88 Å². The van der Waals surface area contributed by atoms with Crippen LogP contribution in [0.4, 0.5) is 10.5 Å². The Morgan fingerprint density at radius 1 is 1.40 bits per heavy atom. The number of ether oxygens (including phenoxy) is 2. The van der Waals surface area contributed by atoms with Gasteiger partial charge in [0.05, 0.1) is 19.3 Å². The van der Waals surface area contributed by atoms with Gasteiger partial charge in [-0.25, -0.2) is 9.78 Å². The van der Waals surface area contributed by atoms with E-state index in [2.05, 4.69) is 29.0 Å². The number of carbonyl (C=O) groups excluding carboxylic acids is 1. The molecular formula is C18H28N4O3. The molecule has 2 aliphatic heterocycles. The number of hydrogen-bond acceptors (Lipinski definition) is 5. The number of amides is 2. The van der Waals surface area contributed by atoms with Crippen molar-refractivity contribution in [3.8, 4) is 5.88 Å². The lowest BCUT2D eigenvalue weighted by Gasteiger charge is -2.38. The molecule has 2 saturated heterocycles. The number of anilines is 1. The van der Waals surface area contributed by atoms with Gasteiger partial charge in [-0.05, 0) is 38.8 Å². The highest BCUT2D eigenvalue weighted by atomic mass is 16.5. The number of nitrogens with zero attached hydrogens (tertiary/aromatic N) is 3. The molecule has 3 atom stereocenters. The summed E-state index contributed by atoms with van der Waals surface area (Å²) in [5, 5.41) is 2.94. The Morgan fingerprint density at radius 3 is 2.88 bits per heavy atom. The van der Waals surface area contributed by atoms with E-state index in [4.69, 9.17) is 9.47 Å². The molecule has 2 aliphatic rings. The van der Waals surface area contributed by atoms with E-state index < -0.39 is 0 Å². The Morgan fingerprint density at radius 2 is 2.16 bits per heavy atom. The first kappa shape index (κ1) is 17.9. The van der Waals surface area contributed by atoms with Crippen molar-refractivity contribution in [1.82, 2.24) is 14.8 Å². The van der Waals surface area contributed by atoms with Crippen LogP contribution in [0, 0.1) is 0 Å². The summed E-state index contributed by atoms with van der Waals surface area (Å²) >= 11 is 0. The fraction of sp³-hybridized carbons (Fsp3) is 0.667. The van der Waals surface area contributed by atoms with E-state index in [1.54, 1.807) is 25.4 Å². The molecule has 0 radical (unpaired) electrons. The Hall–Kier alpha value is -1.86. The second-order valence-corrected chi connectivity index (χ2v) is 6.96. The predicted molar refractivity (Wildman–Crippen MR) is 96.0 cm³/mol. The van der Waals surface area contributed by atoms with Gasteiger partial charge in [0.1, 0.15) is 5.69 Å². The monoisotopic (exact) mass is 348 g/mol. The number of rotatable bonds is 4. The van der Waals surface area contributed by atoms with Crippen molar-refractivity contribution in [2.24, 2.45) is 0 Å². The van der Waals surface area contributed by atoms with Gasteiger partial charge in [-0.1, -0.05) is 0 Å². The van der Waals surface area contributed by atoms with Gasteiger partial charge in [0, 0.05) is 38.4 Å². The van der Waals surface area contributed by atoms with E-state index >= 15 is 0 Å². The lowest BCUT2D eigenvalue weighted by molar-refractivity contribution is -0.0712. The first-order valence-electron chi connectivity index (χ1n) is 9.01. The molecule has 7 nitrogen and oxygen atoms in total. The van der Waals surface area contributed by atoms with Gasteiger partial charge < -0.3 is 19.7 Å². The van der Waals surface area contributed by atoms with Gasteiger partial charge in [0.2, 0.25) is 5.88 Å². The van der Waals surface area contributed by atoms with Crippen molar-refractivity contribution in [1.29, 1.82) is 0 Å². The van der Waals surface area contributed by atoms with Crippen molar-refractivity contribution in [3.63, 3.8) is 0 Å². The van der Waals surface area contributed by atoms with Crippen LogP contribution < -0.4 is 10.1 Å². The molecule has 2 amide bonds. The molecule has 2 fully saturated rings. The van der Waals surface area contributed by atoms with E-state index in [-0.39, 0.29) is 24.3 Å². The highest BCUT2D eigenvalue weighted by Gasteiger charge is 2.32. The summed E-state index contributed by atoms with van der Waals surface area (Å²) < 4.78 is 11.0. The molecule has 25 heavy (non-hydrogen) atoms. The van der Waals surface area contributed by atoms with E-state index in [9.17, 15) is 4.79 Å². The number of nitrogens with one attached hydrogen (secondary N) is 1. The highest BCUT2D eigenvalue weighted by molar-refractivity contribution is 5.90. The second kappa shape index (κ2) is 8.01. The van der Waals surface area contributed by atoms with Crippen LogP contribution in [0.2, 0.25) is 0 Å². The first-order valence-corrected chi connectivity index (χ1v) is 9.01. The van der Waals surface area contributed by atoms with Crippen molar-refractivity contribution in [3.05, 3.63) is 18.3 Å². The van der Waals surface area contributed by atoms with E-state index in [1.807, 2.05) is 4.90 Å². The van der Waals surface area contributed by atoms with Crippen LogP contribution in [0.25, 0.3) is 0 Å². The van der Waals surface area contributed by atoms with E-state index in [0.29, 0.717) is 11.6 Å². The number of carbonyl (C=O) groups is 1. The van der Waals surface area contributed by atoms with Gasteiger partial charge in [-0.15, -0.1) is 0 Å². The van der Waals surface area contributed by atoms with Gasteiger partial charge >= 0.3 is 6.03 Å². The maximum Gasteiger partial charge on any atom is 0.322 e. The number of morpholine rings is 1. The number of aromatic nitrogens is 1. The molecule has 1 N–H and O–H groups in total. The molecule has 3 rings (SSSR count). The maximum absolute atomic E-state index is 12.8. The largest absolute Gasteiger partial charge is 0.480 e. The average molecular weight is 348 g/mol. The van der Waals surface area contributed by atoms with Gasteiger partial charge in [-0.3, -0.25) is 4.90 Å². The van der Waals surface area contributed by atoms with Crippen LogP contribution in [-0.4, -0.2) is 72.4 Å². The summed E-state index contributed by atoms with van der Waals surface area (Å²) in [6, 6.07) is 3.75. The predicted octanol–water partition coefficient (Wildman–Crippen LogP) is 2.20. The molecule has 0 unspecified atom stereocenters. The first-order chi connectivity index (χ1) is 12.1. The second-order valence-electron chi connectivity index (χ2n) is 6.96. The minimum absolute atomic E-state index is 0.0804. The third-order valence-electron chi connectivity index (χ3n) is 4.81. The minimum atomic E-state index is -0.0804. The fourth-order valence-corrected chi connectivity index (χ4v) is 3.86. The zero-order valence-electron chi connectivity index (χ0n) is 15.3. The van der Waals surface area contributed by atoms with Crippen molar-refractivity contribution >= 4 is 11.7 Å². The van der Waals surface area contributed by atoms with Gasteiger partial charge in [-0.2, -0.15) is 0 Å². The Kier molecular flexibility index (Phi) is 5.75. The summed E-state index contributed by atoms with van der Waals surface area (Å²) in [6.07, 6.45) is 4.21. The lowest BCUT2D eigenvalue weighted by Crippen LogP contribution is -2.51. The summed E-state index contributed by atoms with van der Waals surface area (Å²) in [6.45, 7) is 7.75. The maximum atomic E-state index is 12.8. The van der Waals surface area contributed by atoms with Crippen molar-refractivity contribution in [2.75, 3.05) is 38.6 Å². The summed E-state index contributed by atoms with van der Waals surface area (Å²) in [7, 11) is 1.55. The highest BCUT2D eigenvalue weighted by Crippen LogP contribution is 2.24. The molecule has 0 spiro atoms. The Labute approximate surface area is 149 Å². The smallest absolute Gasteiger partial charge is 0.322 e. The number of methoxy groups -OCH3 is 1. The average Bonchev–Trinajstić information content (AvgIpc) is 3.02. The quantitative estimate of drug-likeness (QED) is 0.903. The molecule has 1 aromatic rings. The molecular weight excluding hydrogens is 320 g/mol. The Balaban J connectivity index is 1.61. The molecule has 7 heteroatoms. The van der Waals surface area contributed by atoms with Crippen molar-refractivity contribution < 1.29 is 14.3 Å². The SMILES string of the molecule is COc1ncccc1NC(=O)N1CCC[C@H]1CN1C[C@@H](C)O[C@@H](C)C1. The summed E-state index contributed by atoms with van der Waals surface area (Å²) in [4.78, 5) is 21.2. The molecule has 0 aromatic carbocycles. The standard InChI is InChI=1S/C18H28N4O3/c1-13-10-21(11-14(2)25-13)12-15-6-5-9-22(15)18(23)20-16-7-4-8-19-17(16)24-3/h4,7-8,13-15H,5-6,9-12H2,1-3H3,(H,20,23)/t13-,14+,15-/m0/s1. The van der Waals surface area contributed by atoms with Crippen LogP contribution in [0.1, 0.15) is 26.7 Å². The lowest BCUT2D eigenvalue weighted by atomic mass is 10.1. The molecule has 138 valence electrons. The number of urea groups is 1. The summed E-state index contributed by atoms with van der Waals surface area (Å²) in [5.74, 6) is 0.433. The molecule has 1 aromatic heterocycles. The van der Waals surface area contributed by atoms with E-state index in [0.717, 1.165) is 39.0 Å². The number of hydrogen-bond donors (Lipinski definition) is 1. The zero-order chi connectivity index (χ0) is 17.8. The normalized spacial score (nSPS) is 27.3. The van der Waals surface area contributed by atoms with Gasteiger partial charge in [0.25, 0.3) is 0 Å². The zero-order valence-corrected chi connectivity index (χ0v) is 15.3. The number of likely N-dealkylation sites (tertiary alicyclic amines) is 1. The van der Waals surface area contributed by atoms with Crippen LogP contribution in [-0.2, 0) is 4.74 Å². The topological polar surface area (TPSA) is 66.9 Å². The van der Waals surface area contributed by atoms with Crippen LogP contribution in [0.3, 0.4) is 0 Å². The summed E-state index contributed by atoms with van der Waals surface area (Å²) in [5.41, 5.74) is 0.606. The molecule has 0 saturated carbocycles. The number of pyridine rings is 1. The molecule has 3 heterocycles. The van der Waals surface area contributed by atoms with Gasteiger partial charge in [0.15, 0.2) is 0 Å². The van der Waals surface area contributed by atoms with Crippen molar-refractivity contribution in [2.45, 2.75) is 44.9 Å². The third-order valence-corrected chi connectivity index (χ3v) is 4.81.